The lowest BCUT2D eigenvalue weighted by molar-refractivity contribution is -0.108. The zero-order chi connectivity index (χ0) is 18.9. The van der Waals surface area contributed by atoms with Gasteiger partial charge in [-0.3, -0.25) is 9.59 Å². The summed E-state index contributed by atoms with van der Waals surface area (Å²) in [6.07, 6.45) is 2.78. The Labute approximate surface area is 161 Å². The monoisotopic (exact) mass is 382 g/mol. The Hall–Kier alpha value is -2.50. The third-order valence-electron chi connectivity index (χ3n) is 3.21. The second-order valence-electron chi connectivity index (χ2n) is 5.25. The minimum absolute atomic E-state index is 0.0737. The van der Waals surface area contributed by atoms with E-state index in [1.54, 1.807) is 12.3 Å². The zero-order valence-corrected chi connectivity index (χ0v) is 15.9. The fourth-order valence-electron chi connectivity index (χ4n) is 1.90. The van der Waals surface area contributed by atoms with E-state index >= 15 is 0 Å². The summed E-state index contributed by atoms with van der Waals surface area (Å²) in [6, 6.07) is 15.4. The number of benzene rings is 2. The summed E-state index contributed by atoms with van der Waals surface area (Å²) in [6.45, 7) is 8.72. The molecule has 0 aliphatic heterocycles. The molecule has 26 heavy (non-hydrogen) atoms. The Morgan fingerprint density at radius 2 is 1.58 bits per heavy atom. The Bertz CT molecular complexity index is 835. The number of hydrogen-bond donors (Lipinski definition) is 0. The van der Waals surface area contributed by atoms with Gasteiger partial charge < -0.3 is 4.74 Å². The molecule has 0 atom stereocenters. The molecule has 0 saturated carbocycles. The van der Waals surface area contributed by atoms with Crippen LogP contribution in [0.15, 0.2) is 89.9 Å². The highest BCUT2D eigenvalue weighted by molar-refractivity contribution is 8.16. The maximum absolute atomic E-state index is 11.4. The van der Waals surface area contributed by atoms with Crippen LogP contribution in [-0.4, -0.2) is 10.2 Å². The first-order chi connectivity index (χ1) is 12.5. The summed E-state index contributed by atoms with van der Waals surface area (Å²) in [4.78, 5) is 23.6. The molecule has 0 spiro atoms. The first-order valence-electron chi connectivity index (χ1n) is 7.72. The largest absolute Gasteiger partial charge is 0.464 e. The molecule has 2 rings (SSSR count). The minimum atomic E-state index is -0.0865. The maximum Gasteiger partial charge on any atom is 0.218 e. The zero-order valence-electron chi connectivity index (χ0n) is 14.3. The van der Waals surface area contributed by atoms with E-state index in [4.69, 9.17) is 4.74 Å². The van der Waals surface area contributed by atoms with Crippen LogP contribution in [0.3, 0.4) is 0 Å². The first-order valence-corrected chi connectivity index (χ1v) is 9.42. The van der Waals surface area contributed by atoms with Crippen LogP contribution in [0.1, 0.15) is 6.92 Å². The van der Waals surface area contributed by atoms with Crippen molar-refractivity contribution in [2.45, 2.75) is 11.8 Å². The number of hydrogen-bond acceptors (Lipinski definition) is 5. The summed E-state index contributed by atoms with van der Waals surface area (Å²) in [5.74, 6) is 0.678. The van der Waals surface area contributed by atoms with E-state index in [9.17, 15) is 9.59 Å². The van der Waals surface area contributed by atoms with Crippen molar-refractivity contribution < 1.29 is 14.3 Å². The van der Waals surface area contributed by atoms with Crippen LogP contribution >= 0.6 is 23.5 Å². The third kappa shape index (κ3) is 6.10. The molecular formula is C21H18O3S2. The van der Waals surface area contributed by atoms with E-state index in [-0.39, 0.29) is 10.2 Å². The number of carbonyl (C=O) groups is 2. The standard InChI is InChI=1S/C21H18O3S2/c1-4-20(22)26-19-11-7-17(8-12-19)16-5-9-18(10-6-16)24-13-14-25-21(23)15(2)3/h4-14H,1-2H2,3H3. The van der Waals surface area contributed by atoms with Gasteiger partial charge in [0.05, 0.1) is 6.26 Å². The molecule has 3 nitrogen and oxygen atoms in total. The second-order valence-corrected chi connectivity index (χ2v) is 7.21. The summed E-state index contributed by atoms with van der Waals surface area (Å²) in [5, 5.41) is 1.43. The van der Waals surface area contributed by atoms with Gasteiger partial charge in [-0.25, -0.2) is 0 Å². The second kappa shape index (κ2) is 9.85. The first kappa shape index (κ1) is 19.8. The van der Waals surface area contributed by atoms with Gasteiger partial charge in [0.25, 0.3) is 0 Å². The van der Waals surface area contributed by atoms with Crippen LogP contribution in [0.4, 0.5) is 0 Å². The van der Waals surface area contributed by atoms with Crippen molar-refractivity contribution in [1.29, 1.82) is 0 Å². The molecule has 2 aromatic rings. The average Bonchev–Trinajstić information content (AvgIpc) is 2.66. The van der Waals surface area contributed by atoms with Gasteiger partial charge in [-0.15, -0.1) is 0 Å². The quantitative estimate of drug-likeness (QED) is 0.342. The van der Waals surface area contributed by atoms with E-state index in [1.165, 1.54) is 12.3 Å². The van der Waals surface area contributed by atoms with E-state index in [1.807, 2.05) is 48.5 Å². The molecule has 0 radical (unpaired) electrons. The molecule has 5 heteroatoms. The smallest absolute Gasteiger partial charge is 0.218 e. The summed E-state index contributed by atoms with van der Waals surface area (Å²) >= 11 is 2.18. The summed E-state index contributed by atoms with van der Waals surface area (Å²) in [5.41, 5.74) is 2.59. The van der Waals surface area contributed by atoms with Crippen molar-refractivity contribution in [3.63, 3.8) is 0 Å². The van der Waals surface area contributed by atoms with Gasteiger partial charge in [0.15, 0.2) is 0 Å². The minimum Gasteiger partial charge on any atom is -0.464 e. The fourth-order valence-corrected chi connectivity index (χ4v) is 2.92. The van der Waals surface area contributed by atoms with Gasteiger partial charge in [-0.1, -0.05) is 49.2 Å². The van der Waals surface area contributed by atoms with Gasteiger partial charge in [0, 0.05) is 10.3 Å². The van der Waals surface area contributed by atoms with Crippen LogP contribution in [-0.2, 0) is 9.59 Å². The molecule has 0 heterocycles. The summed E-state index contributed by atoms with van der Waals surface area (Å²) in [7, 11) is 0. The Morgan fingerprint density at radius 3 is 2.12 bits per heavy atom. The van der Waals surface area contributed by atoms with Crippen molar-refractivity contribution >= 4 is 33.8 Å². The number of carbonyl (C=O) groups excluding carboxylic acids is 2. The van der Waals surface area contributed by atoms with E-state index in [2.05, 4.69) is 13.2 Å². The molecule has 0 aromatic heterocycles. The van der Waals surface area contributed by atoms with E-state index in [0.29, 0.717) is 11.3 Å². The Morgan fingerprint density at radius 1 is 1.00 bits per heavy atom. The number of thioether (sulfide) groups is 2. The Balaban J connectivity index is 1.95. The van der Waals surface area contributed by atoms with Crippen molar-refractivity contribution in [1.82, 2.24) is 0 Å². The number of ether oxygens (including phenoxy) is 1. The molecular weight excluding hydrogens is 364 g/mol. The predicted octanol–water partition coefficient (Wildman–Crippen LogP) is 5.84. The maximum atomic E-state index is 11.4. The third-order valence-corrected chi connectivity index (χ3v) is 4.90. The van der Waals surface area contributed by atoms with Crippen molar-refractivity contribution in [3.05, 3.63) is 85.0 Å². The predicted molar refractivity (Wildman–Crippen MR) is 110 cm³/mol. The van der Waals surface area contributed by atoms with Gasteiger partial charge in [0.1, 0.15) is 5.75 Å². The molecule has 2 aromatic carbocycles. The lowest BCUT2D eigenvalue weighted by Gasteiger charge is -2.05. The van der Waals surface area contributed by atoms with Crippen LogP contribution < -0.4 is 4.74 Å². The lowest BCUT2D eigenvalue weighted by atomic mass is 10.1. The molecule has 0 saturated heterocycles. The van der Waals surface area contributed by atoms with Crippen LogP contribution in [0.25, 0.3) is 11.1 Å². The summed E-state index contributed by atoms with van der Waals surface area (Å²) < 4.78 is 5.47. The average molecular weight is 383 g/mol. The molecule has 0 fully saturated rings. The lowest BCUT2D eigenvalue weighted by Crippen LogP contribution is -1.88. The molecule has 0 N–H and O–H groups in total. The molecule has 132 valence electrons. The highest BCUT2D eigenvalue weighted by atomic mass is 32.2. The highest BCUT2D eigenvalue weighted by Gasteiger charge is 2.03. The SMILES string of the molecule is C=CC(=O)Sc1ccc(-c2ccc(OC=CSC(=O)C(=C)C)cc2)cc1. The highest BCUT2D eigenvalue weighted by Crippen LogP contribution is 2.26. The molecule has 0 amide bonds. The van der Waals surface area contributed by atoms with E-state index in [0.717, 1.165) is 39.5 Å². The van der Waals surface area contributed by atoms with Gasteiger partial charge in [0.2, 0.25) is 10.2 Å². The van der Waals surface area contributed by atoms with Gasteiger partial charge in [-0.05, 0) is 65.7 Å². The van der Waals surface area contributed by atoms with Crippen LogP contribution in [0.2, 0.25) is 0 Å². The van der Waals surface area contributed by atoms with E-state index < -0.39 is 0 Å². The van der Waals surface area contributed by atoms with Crippen LogP contribution in [0.5, 0.6) is 5.75 Å². The van der Waals surface area contributed by atoms with Gasteiger partial charge >= 0.3 is 0 Å². The van der Waals surface area contributed by atoms with Crippen LogP contribution in [0, 0.1) is 0 Å². The van der Waals surface area contributed by atoms with Crippen molar-refractivity contribution in [3.8, 4) is 16.9 Å². The normalized spacial score (nSPS) is 10.5. The molecule has 0 aliphatic carbocycles. The molecule has 0 unspecified atom stereocenters. The fraction of sp³-hybridized carbons (Fsp3) is 0.0476. The van der Waals surface area contributed by atoms with Crippen molar-refractivity contribution in [2.24, 2.45) is 0 Å². The topological polar surface area (TPSA) is 43.4 Å². The van der Waals surface area contributed by atoms with Gasteiger partial charge in [-0.2, -0.15) is 0 Å². The van der Waals surface area contributed by atoms with Crippen molar-refractivity contribution in [2.75, 3.05) is 0 Å². The number of rotatable bonds is 7. The molecule has 0 aliphatic rings. The Kier molecular flexibility index (Phi) is 7.51. The molecule has 0 bridgehead atoms.